The molecule has 98 valence electrons. The molecular weight excluding hydrogens is 294 g/mol. The van der Waals surface area contributed by atoms with Crippen LogP contribution >= 0.6 is 15.9 Å². The van der Waals surface area contributed by atoms with Gasteiger partial charge >= 0.3 is 0 Å². The number of hydrogen-bond acceptors (Lipinski definition) is 2. The van der Waals surface area contributed by atoms with Crippen molar-refractivity contribution in [1.82, 2.24) is 4.90 Å². The molecule has 1 aromatic carbocycles. The second-order valence-corrected chi connectivity index (χ2v) is 5.61. The molecule has 1 unspecified atom stereocenters. The highest BCUT2D eigenvalue weighted by Crippen LogP contribution is 2.17. The fourth-order valence-corrected chi connectivity index (χ4v) is 2.52. The normalized spacial score (nSPS) is 19.6. The molecule has 1 aliphatic heterocycles. The number of aliphatic hydroxyl groups is 1. The first-order valence-corrected chi connectivity index (χ1v) is 7.18. The van der Waals surface area contributed by atoms with Gasteiger partial charge in [-0.3, -0.25) is 4.79 Å². The van der Waals surface area contributed by atoms with E-state index in [1.807, 2.05) is 12.1 Å². The number of aryl methyl sites for hydroxylation is 1. The van der Waals surface area contributed by atoms with E-state index in [9.17, 15) is 9.90 Å². The molecule has 0 radical (unpaired) electrons. The van der Waals surface area contributed by atoms with Crippen LogP contribution in [0.25, 0.3) is 0 Å². The summed E-state index contributed by atoms with van der Waals surface area (Å²) in [5.74, 6) is 0.0890. The van der Waals surface area contributed by atoms with Crippen molar-refractivity contribution in [2.75, 3.05) is 6.54 Å². The second kappa shape index (κ2) is 6.34. The highest BCUT2D eigenvalue weighted by atomic mass is 79.9. The Morgan fingerprint density at radius 2 is 2.00 bits per heavy atom. The number of hydrogen-bond donors (Lipinski definition) is 1. The van der Waals surface area contributed by atoms with Crippen molar-refractivity contribution >= 4 is 21.8 Å². The third kappa shape index (κ3) is 3.56. The van der Waals surface area contributed by atoms with Gasteiger partial charge < -0.3 is 10.0 Å². The molecule has 1 amide bonds. The fraction of sp³-hybridized carbons (Fsp3) is 0.500. The minimum atomic E-state index is -0.551. The molecule has 18 heavy (non-hydrogen) atoms. The summed E-state index contributed by atoms with van der Waals surface area (Å²) in [6, 6.07) is 8.31. The zero-order chi connectivity index (χ0) is 13.0. The van der Waals surface area contributed by atoms with Gasteiger partial charge in [-0.05, 0) is 37.0 Å². The topological polar surface area (TPSA) is 40.5 Å². The van der Waals surface area contributed by atoms with Crippen molar-refractivity contribution in [2.24, 2.45) is 0 Å². The summed E-state index contributed by atoms with van der Waals surface area (Å²) in [6.07, 6.45) is 3.53. The molecule has 0 aromatic heterocycles. The lowest BCUT2D eigenvalue weighted by molar-refractivity contribution is -0.133. The van der Waals surface area contributed by atoms with E-state index in [0.29, 0.717) is 19.4 Å². The van der Waals surface area contributed by atoms with Gasteiger partial charge in [0.05, 0.1) is 0 Å². The molecule has 1 fully saturated rings. The van der Waals surface area contributed by atoms with Crippen molar-refractivity contribution < 1.29 is 9.90 Å². The average molecular weight is 312 g/mol. The van der Waals surface area contributed by atoms with E-state index < -0.39 is 6.23 Å². The summed E-state index contributed by atoms with van der Waals surface area (Å²) in [5, 5.41) is 9.61. The molecule has 1 saturated heterocycles. The summed E-state index contributed by atoms with van der Waals surface area (Å²) < 4.78 is 1.09. The van der Waals surface area contributed by atoms with Crippen LogP contribution in [-0.4, -0.2) is 28.7 Å². The van der Waals surface area contributed by atoms with Crippen LogP contribution in [-0.2, 0) is 11.2 Å². The van der Waals surface area contributed by atoms with E-state index in [1.165, 1.54) is 5.56 Å². The average Bonchev–Trinajstić information content (AvgIpc) is 2.68. The van der Waals surface area contributed by atoms with Crippen LogP contribution < -0.4 is 0 Å². The Hall–Kier alpha value is -0.870. The standard InChI is InChI=1S/C14H18BrNO2/c15-12-6-4-11(5-7-12)3-1-2-10-16-13(17)8-9-14(16)18/h4-7,13,17H,1-3,8-10H2. The Labute approximate surface area is 116 Å². The number of unbranched alkanes of at least 4 members (excludes halogenated alkanes) is 1. The van der Waals surface area contributed by atoms with E-state index in [-0.39, 0.29) is 5.91 Å². The van der Waals surface area contributed by atoms with Gasteiger partial charge in [0.2, 0.25) is 5.91 Å². The molecule has 0 saturated carbocycles. The largest absolute Gasteiger partial charge is 0.374 e. The summed E-state index contributed by atoms with van der Waals surface area (Å²) in [6.45, 7) is 0.677. The quantitative estimate of drug-likeness (QED) is 0.849. The SMILES string of the molecule is O=C1CCC(O)N1CCCCc1ccc(Br)cc1. The molecule has 1 aromatic rings. The highest BCUT2D eigenvalue weighted by Gasteiger charge is 2.28. The number of nitrogens with zero attached hydrogens (tertiary/aromatic N) is 1. The molecule has 1 N–H and O–H groups in total. The first-order chi connectivity index (χ1) is 8.66. The number of halogens is 1. The molecule has 0 aliphatic carbocycles. The maximum absolute atomic E-state index is 11.4. The van der Waals surface area contributed by atoms with Gasteiger partial charge in [-0.25, -0.2) is 0 Å². The first-order valence-electron chi connectivity index (χ1n) is 6.39. The summed E-state index contributed by atoms with van der Waals surface area (Å²) in [4.78, 5) is 13.0. The van der Waals surface area contributed by atoms with Gasteiger partial charge in [-0.1, -0.05) is 28.1 Å². The number of carbonyl (C=O) groups excluding carboxylic acids is 1. The van der Waals surface area contributed by atoms with Crippen LogP contribution in [0, 0.1) is 0 Å². The second-order valence-electron chi connectivity index (χ2n) is 4.69. The van der Waals surface area contributed by atoms with Crippen molar-refractivity contribution in [3.8, 4) is 0 Å². The predicted octanol–water partition coefficient (Wildman–Crippen LogP) is 2.71. The van der Waals surface area contributed by atoms with Crippen molar-refractivity contribution in [1.29, 1.82) is 0 Å². The van der Waals surface area contributed by atoms with Gasteiger partial charge in [0.25, 0.3) is 0 Å². The van der Waals surface area contributed by atoms with E-state index in [4.69, 9.17) is 0 Å². The highest BCUT2D eigenvalue weighted by molar-refractivity contribution is 9.10. The van der Waals surface area contributed by atoms with Gasteiger partial charge in [-0.2, -0.15) is 0 Å². The van der Waals surface area contributed by atoms with Gasteiger partial charge in [-0.15, -0.1) is 0 Å². The minimum absolute atomic E-state index is 0.0890. The van der Waals surface area contributed by atoms with E-state index in [0.717, 1.165) is 23.7 Å². The molecule has 4 heteroatoms. The Morgan fingerprint density at radius 1 is 1.28 bits per heavy atom. The minimum Gasteiger partial charge on any atom is -0.374 e. The number of amides is 1. The van der Waals surface area contributed by atoms with Crippen LogP contribution in [0.15, 0.2) is 28.7 Å². The van der Waals surface area contributed by atoms with Gasteiger partial charge in [0.1, 0.15) is 6.23 Å². The Kier molecular flexibility index (Phi) is 4.78. The van der Waals surface area contributed by atoms with Gasteiger partial charge in [0, 0.05) is 23.9 Å². The molecule has 0 bridgehead atoms. The Bertz CT molecular complexity index is 405. The summed E-state index contributed by atoms with van der Waals surface area (Å²) in [5.41, 5.74) is 1.31. The zero-order valence-electron chi connectivity index (χ0n) is 10.3. The third-order valence-electron chi connectivity index (χ3n) is 3.32. The van der Waals surface area contributed by atoms with Gasteiger partial charge in [0.15, 0.2) is 0 Å². The van der Waals surface area contributed by atoms with Crippen LogP contribution in [0.5, 0.6) is 0 Å². The summed E-state index contributed by atoms with van der Waals surface area (Å²) >= 11 is 3.41. The van der Waals surface area contributed by atoms with Crippen LogP contribution in [0.2, 0.25) is 0 Å². The fourth-order valence-electron chi connectivity index (χ4n) is 2.25. The number of carbonyl (C=O) groups is 1. The summed E-state index contributed by atoms with van der Waals surface area (Å²) in [7, 11) is 0. The molecule has 1 heterocycles. The van der Waals surface area contributed by atoms with E-state index in [1.54, 1.807) is 4.90 Å². The Balaban J connectivity index is 1.70. The third-order valence-corrected chi connectivity index (χ3v) is 3.85. The Morgan fingerprint density at radius 3 is 2.61 bits per heavy atom. The zero-order valence-corrected chi connectivity index (χ0v) is 11.9. The number of likely N-dealkylation sites (tertiary alicyclic amines) is 1. The number of rotatable bonds is 5. The van der Waals surface area contributed by atoms with Crippen LogP contribution in [0.3, 0.4) is 0 Å². The maximum atomic E-state index is 11.4. The number of benzene rings is 1. The lowest BCUT2D eigenvalue weighted by atomic mass is 10.1. The predicted molar refractivity (Wildman–Crippen MR) is 74.0 cm³/mol. The molecule has 0 spiro atoms. The molecular formula is C14H18BrNO2. The molecule has 3 nitrogen and oxygen atoms in total. The molecule has 1 atom stereocenters. The number of aliphatic hydroxyl groups excluding tert-OH is 1. The molecule has 2 rings (SSSR count). The van der Waals surface area contributed by atoms with Crippen molar-refractivity contribution in [3.63, 3.8) is 0 Å². The lowest BCUT2D eigenvalue weighted by Gasteiger charge is -2.20. The van der Waals surface area contributed by atoms with E-state index in [2.05, 4.69) is 28.1 Å². The van der Waals surface area contributed by atoms with Crippen LogP contribution in [0.4, 0.5) is 0 Å². The molecule has 1 aliphatic rings. The van der Waals surface area contributed by atoms with Crippen LogP contribution in [0.1, 0.15) is 31.2 Å². The first kappa shape index (κ1) is 13.6. The smallest absolute Gasteiger partial charge is 0.224 e. The van der Waals surface area contributed by atoms with Crippen molar-refractivity contribution in [2.45, 2.75) is 38.3 Å². The van der Waals surface area contributed by atoms with Crippen molar-refractivity contribution in [3.05, 3.63) is 34.3 Å². The van der Waals surface area contributed by atoms with E-state index >= 15 is 0 Å². The monoisotopic (exact) mass is 311 g/mol. The lowest BCUT2D eigenvalue weighted by Crippen LogP contribution is -2.33. The maximum Gasteiger partial charge on any atom is 0.224 e.